The maximum absolute atomic E-state index is 12.3. The number of fused-ring (bicyclic) bond motifs is 1. The summed E-state index contributed by atoms with van der Waals surface area (Å²) in [5.41, 5.74) is 4.38. The van der Waals surface area contributed by atoms with Crippen LogP contribution in [0.25, 0.3) is 10.9 Å². The van der Waals surface area contributed by atoms with E-state index in [0.29, 0.717) is 45.0 Å². The van der Waals surface area contributed by atoms with E-state index in [2.05, 4.69) is 31.4 Å². The Morgan fingerprint density at radius 1 is 1.08 bits per heavy atom. The Balaban J connectivity index is 1.38. The van der Waals surface area contributed by atoms with Crippen molar-refractivity contribution in [2.75, 3.05) is 13.2 Å². The van der Waals surface area contributed by atoms with Crippen molar-refractivity contribution in [3.05, 3.63) is 98.6 Å². The molecule has 1 aromatic heterocycles. The highest BCUT2D eigenvalue weighted by atomic mass is 79.9. The van der Waals surface area contributed by atoms with Gasteiger partial charge in [-0.2, -0.15) is 5.10 Å². The third kappa shape index (κ3) is 6.83. The number of hydrogen-bond donors (Lipinski definition) is 1. The van der Waals surface area contributed by atoms with Crippen molar-refractivity contribution in [3.63, 3.8) is 0 Å². The minimum atomic E-state index is -0.453. The van der Waals surface area contributed by atoms with Crippen molar-refractivity contribution >= 4 is 44.6 Å². The lowest BCUT2D eigenvalue weighted by Crippen LogP contribution is -2.24. The molecule has 0 unspecified atom stereocenters. The quantitative estimate of drug-likeness (QED) is 0.143. The molecule has 0 fully saturated rings. The summed E-state index contributed by atoms with van der Waals surface area (Å²) in [6.45, 7) is 2.10. The number of carbonyl (C=O) groups excluding carboxylic acids is 1. The van der Waals surface area contributed by atoms with Gasteiger partial charge in [0.15, 0.2) is 18.1 Å². The smallest absolute Gasteiger partial charge is 0.277 e. The molecule has 0 radical (unpaired) electrons. The largest absolute Gasteiger partial charge is 0.490 e. The first-order valence-corrected chi connectivity index (χ1v) is 12.3. The molecule has 1 amide bonds. The number of carbonyl (C=O) groups is 1. The van der Waals surface area contributed by atoms with Crippen LogP contribution in [0.1, 0.15) is 18.1 Å². The number of halogens is 1. The predicted molar refractivity (Wildman–Crippen MR) is 146 cm³/mol. The molecule has 10 nitrogen and oxygen atoms in total. The average Bonchev–Trinajstić information content (AvgIpc) is 2.91. The number of hydrogen-bond acceptors (Lipinski definition) is 8. The monoisotopic (exact) mass is 578 g/mol. The zero-order valence-corrected chi connectivity index (χ0v) is 21.9. The van der Waals surface area contributed by atoms with E-state index in [9.17, 15) is 14.9 Å². The number of hydrazone groups is 1. The van der Waals surface area contributed by atoms with Gasteiger partial charge in [0.25, 0.3) is 11.6 Å². The van der Waals surface area contributed by atoms with E-state index in [1.807, 2.05) is 31.2 Å². The van der Waals surface area contributed by atoms with Crippen LogP contribution in [0.3, 0.4) is 0 Å². The molecule has 38 heavy (non-hydrogen) atoms. The van der Waals surface area contributed by atoms with Gasteiger partial charge in [-0.25, -0.2) is 5.43 Å². The molecular weight excluding hydrogens is 556 g/mol. The Kier molecular flexibility index (Phi) is 8.83. The number of nitrogens with zero attached hydrogens (tertiary/aromatic N) is 3. The molecule has 3 aromatic carbocycles. The summed E-state index contributed by atoms with van der Waals surface area (Å²) in [6.07, 6.45) is 3.13. The number of benzene rings is 3. The minimum absolute atomic E-state index is 0.0111. The molecule has 0 aliphatic carbocycles. The van der Waals surface area contributed by atoms with Crippen molar-refractivity contribution in [1.82, 2.24) is 10.4 Å². The van der Waals surface area contributed by atoms with Crippen molar-refractivity contribution < 1.29 is 23.9 Å². The van der Waals surface area contributed by atoms with E-state index in [1.54, 1.807) is 36.5 Å². The van der Waals surface area contributed by atoms with Gasteiger partial charge in [-0.3, -0.25) is 19.9 Å². The molecule has 1 N–H and O–H groups in total. The lowest BCUT2D eigenvalue weighted by atomic mass is 10.2. The number of ether oxygens (including phenoxy) is 3. The van der Waals surface area contributed by atoms with Crippen LogP contribution < -0.4 is 19.6 Å². The van der Waals surface area contributed by atoms with Crippen LogP contribution >= 0.6 is 15.9 Å². The number of pyridine rings is 1. The van der Waals surface area contributed by atoms with Gasteiger partial charge < -0.3 is 14.2 Å². The molecule has 4 rings (SSSR count). The van der Waals surface area contributed by atoms with Gasteiger partial charge in [-0.15, -0.1) is 0 Å². The van der Waals surface area contributed by atoms with Crippen molar-refractivity contribution in [3.8, 4) is 17.2 Å². The summed E-state index contributed by atoms with van der Waals surface area (Å²) < 4.78 is 17.8. The zero-order chi connectivity index (χ0) is 26.9. The van der Waals surface area contributed by atoms with Crippen LogP contribution in [-0.2, 0) is 11.4 Å². The first kappa shape index (κ1) is 26.6. The van der Waals surface area contributed by atoms with E-state index in [1.165, 1.54) is 18.3 Å². The highest BCUT2D eigenvalue weighted by Gasteiger charge is 2.14. The van der Waals surface area contributed by atoms with Gasteiger partial charge in [0, 0.05) is 23.7 Å². The van der Waals surface area contributed by atoms with E-state index in [0.717, 1.165) is 5.39 Å². The highest BCUT2D eigenvalue weighted by molar-refractivity contribution is 9.10. The van der Waals surface area contributed by atoms with Crippen LogP contribution in [0.5, 0.6) is 17.2 Å². The number of non-ortho nitro benzene ring substituents is 1. The summed E-state index contributed by atoms with van der Waals surface area (Å²) in [4.78, 5) is 27.1. The van der Waals surface area contributed by atoms with E-state index < -0.39 is 10.8 Å². The number of para-hydroxylation sites is 1. The van der Waals surface area contributed by atoms with Crippen LogP contribution in [0.15, 0.2) is 82.5 Å². The second kappa shape index (κ2) is 12.6. The fourth-order valence-electron chi connectivity index (χ4n) is 3.53. The fourth-order valence-corrected chi connectivity index (χ4v) is 4.10. The normalized spacial score (nSPS) is 10.9. The maximum Gasteiger partial charge on any atom is 0.277 e. The molecule has 11 heteroatoms. The minimum Gasteiger partial charge on any atom is -0.490 e. The van der Waals surface area contributed by atoms with Gasteiger partial charge in [0.2, 0.25) is 0 Å². The molecular formula is C27H23BrN4O6. The Labute approximate surface area is 226 Å². The molecule has 0 saturated carbocycles. The molecule has 4 aromatic rings. The lowest BCUT2D eigenvalue weighted by molar-refractivity contribution is -0.384. The maximum atomic E-state index is 12.3. The van der Waals surface area contributed by atoms with Gasteiger partial charge in [0.1, 0.15) is 17.9 Å². The van der Waals surface area contributed by atoms with Crippen LogP contribution in [0.4, 0.5) is 5.69 Å². The molecule has 1 heterocycles. The first-order valence-electron chi connectivity index (χ1n) is 11.6. The Hall–Kier alpha value is -4.51. The SMILES string of the molecule is CCOc1cc(/C=N/NC(=O)COc2cccc3cccnc23)cc(Br)c1OCc1cccc([N+](=O)[O-])c1. The number of nitrogens with one attached hydrogen (secondary N) is 1. The standard InChI is InChI=1S/C27H23BrN4O6/c1-2-36-24-14-19(13-22(28)27(24)38-16-18-6-3-9-21(12-18)32(34)35)15-30-31-25(33)17-37-23-10-4-7-20-8-5-11-29-26(20)23/h3-15H,2,16-17H2,1H3,(H,31,33)/b30-15+. The third-order valence-electron chi connectivity index (χ3n) is 5.19. The predicted octanol–water partition coefficient (Wildman–Crippen LogP) is 5.41. The Morgan fingerprint density at radius 3 is 2.71 bits per heavy atom. The van der Waals surface area contributed by atoms with Crippen molar-refractivity contribution in [2.24, 2.45) is 5.10 Å². The van der Waals surface area contributed by atoms with Crippen molar-refractivity contribution in [2.45, 2.75) is 13.5 Å². The van der Waals surface area contributed by atoms with Gasteiger partial charge >= 0.3 is 0 Å². The van der Waals surface area contributed by atoms with Crippen molar-refractivity contribution in [1.29, 1.82) is 0 Å². The van der Waals surface area contributed by atoms with Crippen LogP contribution in [0, 0.1) is 10.1 Å². The Bertz CT molecular complexity index is 1490. The summed E-state index contributed by atoms with van der Waals surface area (Å²) in [5.74, 6) is 0.965. The van der Waals surface area contributed by atoms with E-state index >= 15 is 0 Å². The summed E-state index contributed by atoms with van der Waals surface area (Å²) in [5, 5.41) is 15.9. The summed E-state index contributed by atoms with van der Waals surface area (Å²) in [7, 11) is 0. The second-order valence-corrected chi connectivity index (χ2v) is 8.75. The van der Waals surface area contributed by atoms with E-state index in [-0.39, 0.29) is 18.9 Å². The number of amides is 1. The van der Waals surface area contributed by atoms with Crippen LogP contribution in [-0.4, -0.2) is 35.2 Å². The molecule has 0 aliphatic rings. The van der Waals surface area contributed by atoms with E-state index in [4.69, 9.17) is 14.2 Å². The van der Waals surface area contributed by atoms with Gasteiger partial charge in [-0.05, 0) is 58.2 Å². The topological polar surface area (TPSA) is 125 Å². The fraction of sp³-hybridized carbons (Fsp3) is 0.148. The third-order valence-corrected chi connectivity index (χ3v) is 5.78. The number of aromatic nitrogens is 1. The van der Waals surface area contributed by atoms with Gasteiger partial charge in [0.05, 0.1) is 22.2 Å². The second-order valence-electron chi connectivity index (χ2n) is 7.89. The molecule has 0 spiro atoms. The molecule has 0 atom stereocenters. The zero-order valence-electron chi connectivity index (χ0n) is 20.3. The van der Waals surface area contributed by atoms with Crippen LogP contribution in [0.2, 0.25) is 0 Å². The lowest BCUT2D eigenvalue weighted by Gasteiger charge is -2.14. The first-order chi connectivity index (χ1) is 18.4. The summed E-state index contributed by atoms with van der Waals surface area (Å²) in [6, 6.07) is 18.9. The molecule has 194 valence electrons. The Morgan fingerprint density at radius 2 is 1.89 bits per heavy atom. The number of rotatable bonds is 11. The number of nitro groups is 1. The molecule has 0 saturated heterocycles. The highest BCUT2D eigenvalue weighted by Crippen LogP contribution is 2.37. The number of nitro benzene ring substituents is 1. The molecule has 0 bridgehead atoms. The molecule has 0 aliphatic heterocycles. The van der Waals surface area contributed by atoms with Gasteiger partial charge in [-0.1, -0.05) is 30.3 Å². The average molecular weight is 579 g/mol. The summed E-state index contributed by atoms with van der Waals surface area (Å²) >= 11 is 3.48.